The minimum Gasteiger partial charge on any atom is -0.462 e. The lowest BCUT2D eigenvalue weighted by Gasteiger charge is -2.18. The molecule has 0 amide bonds. The third kappa shape index (κ3) is 57.9. The average Bonchev–Trinajstić information content (AvgIpc) is 3.36. The Hall–Kier alpha value is -2.66. The first-order valence-electron chi connectivity index (χ1n) is 30.5. The molecule has 0 spiro atoms. The summed E-state index contributed by atoms with van der Waals surface area (Å²) < 4.78 is 17.5. The SMILES string of the molecule is CC/C=C\C/C=C\C/C=C\C/C=C\C/C=C\CCCCCC(=O)OCC(COCCCCCCCCCCCCCCCCCC)OC(=O)CCCCCCCCCCC/C=C\CCCCCCCC. The second-order valence-electron chi connectivity index (χ2n) is 20.2. The van der Waals surface area contributed by atoms with Gasteiger partial charge in [-0.05, 0) is 89.9 Å². The quantitative estimate of drug-likeness (QED) is 0.0345. The number of allylic oxidation sites excluding steroid dienone is 12. The number of ether oxygens (including phenoxy) is 3. The van der Waals surface area contributed by atoms with E-state index in [9.17, 15) is 9.59 Å². The Morgan fingerprint density at radius 1 is 0.329 bits per heavy atom. The smallest absolute Gasteiger partial charge is 0.306 e. The van der Waals surface area contributed by atoms with Crippen molar-refractivity contribution in [3.05, 3.63) is 72.9 Å². The number of rotatable bonds is 56. The molecule has 0 saturated carbocycles. The topological polar surface area (TPSA) is 61.8 Å². The fourth-order valence-corrected chi connectivity index (χ4v) is 8.71. The van der Waals surface area contributed by atoms with Crippen LogP contribution < -0.4 is 0 Å². The maximum absolute atomic E-state index is 12.9. The van der Waals surface area contributed by atoms with Crippen molar-refractivity contribution in [2.45, 2.75) is 309 Å². The van der Waals surface area contributed by atoms with Crippen LogP contribution in [0.4, 0.5) is 0 Å². The van der Waals surface area contributed by atoms with Crippen molar-refractivity contribution in [3.63, 3.8) is 0 Å². The van der Waals surface area contributed by atoms with Gasteiger partial charge < -0.3 is 14.2 Å². The highest BCUT2D eigenvalue weighted by molar-refractivity contribution is 5.70. The number of carbonyl (C=O) groups excluding carboxylic acids is 2. The molecule has 0 radical (unpaired) electrons. The normalized spacial score (nSPS) is 12.7. The molecule has 5 nitrogen and oxygen atoms in total. The van der Waals surface area contributed by atoms with E-state index in [1.54, 1.807) is 0 Å². The molecule has 0 heterocycles. The lowest BCUT2D eigenvalue weighted by molar-refractivity contribution is -0.163. The van der Waals surface area contributed by atoms with Gasteiger partial charge in [0.25, 0.3) is 0 Å². The van der Waals surface area contributed by atoms with Gasteiger partial charge in [0.15, 0.2) is 6.10 Å². The average molecular weight is 978 g/mol. The second-order valence-corrected chi connectivity index (χ2v) is 20.2. The molecule has 0 aromatic rings. The van der Waals surface area contributed by atoms with Gasteiger partial charge in [-0.25, -0.2) is 0 Å². The molecule has 0 aliphatic heterocycles. The first-order chi connectivity index (χ1) is 34.6. The first kappa shape index (κ1) is 67.3. The van der Waals surface area contributed by atoms with Crippen LogP contribution in [0.3, 0.4) is 0 Å². The van der Waals surface area contributed by atoms with Crippen LogP contribution in [-0.2, 0) is 23.8 Å². The minimum atomic E-state index is -0.552. The highest BCUT2D eigenvalue weighted by atomic mass is 16.6. The lowest BCUT2D eigenvalue weighted by Crippen LogP contribution is -2.30. The van der Waals surface area contributed by atoms with Gasteiger partial charge in [0.2, 0.25) is 0 Å². The maximum atomic E-state index is 12.9. The number of unbranched alkanes of at least 4 members (excludes halogenated alkanes) is 33. The van der Waals surface area contributed by atoms with E-state index in [1.807, 2.05) is 0 Å². The Labute approximate surface area is 436 Å². The summed E-state index contributed by atoms with van der Waals surface area (Å²) in [6.07, 6.45) is 79.3. The van der Waals surface area contributed by atoms with E-state index in [4.69, 9.17) is 14.2 Å². The Kier molecular flexibility index (Phi) is 58.3. The van der Waals surface area contributed by atoms with Crippen LogP contribution in [0.2, 0.25) is 0 Å². The zero-order valence-corrected chi connectivity index (χ0v) is 46.8. The maximum Gasteiger partial charge on any atom is 0.306 e. The van der Waals surface area contributed by atoms with Crippen molar-refractivity contribution in [1.82, 2.24) is 0 Å². The highest BCUT2D eigenvalue weighted by Crippen LogP contribution is 2.16. The molecule has 406 valence electrons. The monoisotopic (exact) mass is 977 g/mol. The second kappa shape index (κ2) is 60.6. The van der Waals surface area contributed by atoms with E-state index in [0.29, 0.717) is 19.4 Å². The summed E-state index contributed by atoms with van der Waals surface area (Å²) in [4.78, 5) is 25.6. The molecular formula is C65H116O5. The summed E-state index contributed by atoms with van der Waals surface area (Å²) in [6, 6.07) is 0. The van der Waals surface area contributed by atoms with Crippen molar-refractivity contribution >= 4 is 11.9 Å². The molecule has 1 atom stereocenters. The van der Waals surface area contributed by atoms with Crippen LogP contribution in [0.5, 0.6) is 0 Å². The molecule has 0 aromatic carbocycles. The molecule has 0 bridgehead atoms. The Morgan fingerprint density at radius 2 is 0.643 bits per heavy atom. The molecule has 0 N–H and O–H groups in total. The van der Waals surface area contributed by atoms with Crippen LogP contribution in [-0.4, -0.2) is 37.9 Å². The number of hydrogen-bond donors (Lipinski definition) is 0. The molecule has 70 heavy (non-hydrogen) atoms. The van der Waals surface area contributed by atoms with Gasteiger partial charge in [-0.15, -0.1) is 0 Å². The zero-order valence-electron chi connectivity index (χ0n) is 46.8. The van der Waals surface area contributed by atoms with Gasteiger partial charge in [0, 0.05) is 19.4 Å². The van der Waals surface area contributed by atoms with E-state index in [1.165, 1.54) is 186 Å². The fraction of sp³-hybridized carbons (Fsp3) is 0.785. The van der Waals surface area contributed by atoms with E-state index >= 15 is 0 Å². The molecule has 0 aromatic heterocycles. The molecule has 5 heteroatoms. The number of hydrogen-bond acceptors (Lipinski definition) is 5. The van der Waals surface area contributed by atoms with E-state index in [0.717, 1.165) is 83.5 Å². The van der Waals surface area contributed by atoms with E-state index in [2.05, 4.69) is 93.7 Å². The van der Waals surface area contributed by atoms with Gasteiger partial charge >= 0.3 is 11.9 Å². The van der Waals surface area contributed by atoms with Gasteiger partial charge in [-0.3, -0.25) is 9.59 Å². The minimum absolute atomic E-state index is 0.0685. The molecule has 1 unspecified atom stereocenters. The van der Waals surface area contributed by atoms with Gasteiger partial charge in [0.05, 0.1) is 6.61 Å². The molecule has 0 rings (SSSR count). The van der Waals surface area contributed by atoms with Crippen LogP contribution in [0, 0.1) is 0 Å². The molecule has 0 aliphatic rings. The summed E-state index contributed by atoms with van der Waals surface area (Å²) >= 11 is 0. The van der Waals surface area contributed by atoms with Gasteiger partial charge in [-0.2, -0.15) is 0 Å². The van der Waals surface area contributed by atoms with Crippen LogP contribution in [0.25, 0.3) is 0 Å². The molecule has 0 aliphatic carbocycles. The Balaban J connectivity index is 4.32. The van der Waals surface area contributed by atoms with Crippen molar-refractivity contribution in [2.75, 3.05) is 19.8 Å². The van der Waals surface area contributed by atoms with E-state index in [-0.39, 0.29) is 25.2 Å². The molecule has 0 saturated heterocycles. The van der Waals surface area contributed by atoms with Crippen molar-refractivity contribution < 1.29 is 23.8 Å². The zero-order chi connectivity index (χ0) is 50.6. The first-order valence-corrected chi connectivity index (χ1v) is 30.5. The number of carbonyl (C=O) groups is 2. The van der Waals surface area contributed by atoms with Crippen molar-refractivity contribution in [1.29, 1.82) is 0 Å². The van der Waals surface area contributed by atoms with Crippen LogP contribution in [0.1, 0.15) is 303 Å². The highest BCUT2D eigenvalue weighted by Gasteiger charge is 2.17. The predicted molar refractivity (Wildman–Crippen MR) is 307 cm³/mol. The molecule has 0 fully saturated rings. The third-order valence-corrected chi connectivity index (χ3v) is 13.2. The summed E-state index contributed by atoms with van der Waals surface area (Å²) in [5.74, 6) is -0.424. The summed E-state index contributed by atoms with van der Waals surface area (Å²) in [6.45, 7) is 7.72. The summed E-state index contributed by atoms with van der Waals surface area (Å²) in [5, 5.41) is 0. The van der Waals surface area contributed by atoms with Gasteiger partial charge in [0.1, 0.15) is 6.61 Å². The Bertz CT molecular complexity index is 1240. The molecular weight excluding hydrogens is 861 g/mol. The fourth-order valence-electron chi connectivity index (χ4n) is 8.71. The summed E-state index contributed by atoms with van der Waals surface area (Å²) in [5.41, 5.74) is 0. The van der Waals surface area contributed by atoms with Crippen LogP contribution in [0.15, 0.2) is 72.9 Å². The standard InChI is InChI=1S/C65H116O5/c1-4-7-10-13-16-19-22-25-28-31-33-35-37-40-43-46-49-52-55-58-64(66)69-62-63(61-68-60-57-54-51-48-45-42-39-30-27-24-21-18-15-12-9-6-3)70-65(67)59-56-53-50-47-44-41-38-36-34-32-29-26-23-20-17-14-11-8-5-2/h7,10,16,19,25-26,28-29,33,35,40,43,63H,4-6,8-9,11-15,17-18,20-24,27,30-32,34,36-39,41-42,44-62H2,1-3H3/b10-7-,19-16-,28-25-,29-26-,35-33-,43-40-. The van der Waals surface area contributed by atoms with Crippen molar-refractivity contribution in [2.24, 2.45) is 0 Å². The van der Waals surface area contributed by atoms with Gasteiger partial charge in [-0.1, -0.05) is 273 Å². The summed E-state index contributed by atoms with van der Waals surface area (Å²) in [7, 11) is 0. The largest absolute Gasteiger partial charge is 0.462 e. The van der Waals surface area contributed by atoms with Crippen LogP contribution >= 0.6 is 0 Å². The third-order valence-electron chi connectivity index (χ3n) is 13.2. The lowest BCUT2D eigenvalue weighted by atomic mass is 10.0. The Morgan fingerprint density at radius 3 is 1.06 bits per heavy atom. The number of esters is 2. The van der Waals surface area contributed by atoms with Crippen molar-refractivity contribution in [3.8, 4) is 0 Å². The van der Waals surface area contributed by atoms with E-state index < -0.39 is 6.10 Å². The predicted octanol–water partition coefficient (Wildman–Crippen LogP) is 21.0.